The molecule has 2 aliphatic rings. The topological polar surface area (TPSA) is 26.3 Å². The highest BCUT2D eigenvalue weighted by Crippen LogP contribution is 2.41. The van der Waals surface area contributed by atoms with Crippen LogP contribution in [-0.2, 0) is 9.53 Å². The maximum Gasteiger partial charge on any atom is 0.306 e. The van der Waals surface area contributed by atoms with Crippen LogP contribution in [-0.4, -0.2) is 11.6 Å². The second-order valence-electron chi connectivity index (χ2n) is 4.07. The second kappa shape index (κ2) is 2.23. The lowest BCUT2D eigenvalue weighted by atomic mass is 9.96. The van der Waals surface area contributed by atoms with Crippen molar-refractivity contribution in [2.45, 2.75) is 44.6 Å². The van der Waals surface area contributed by atoms with Gasteiger partial charge in [0.25, 0.3) is 0 Å². The summed E-state index contributed by atoms with van der Waals surface area (Å²) in [6.45, 7) is 2.07. The van der Waals surface area contributed by atoms with Crippen LogP contribution in [0.5, 0.6) is 0 Å². The average molecular weight is 154 g/mol. The Hall–Kier alpha value is -0.530. The summed E-state index contributed by atoms with van der Waals surface area (Å²) in [5, 5.41) is 0. The van der Waals surface area contributed by atoms with Gasteiger partial charge in [0.05, 0.1) is 0 Å². The monoisotopic (exact) mass is 154 g/mol. The second-order valence-corrected chi connectivity index (χ2v) is 4.07. The molecule has 1 saturated heterocycles. The third kappa shape index (κ3) is 1.55. The van der Waals surface area contributed by atoms with Gasteiger partial charge in [-0.2, -0.15) is 0 Å². The molecule has 0 aromatic heterocycles. The highest BCUT2D eigenvalue weighted by atomic mass is 16.6. The van der Waals surface area contributed by atoms with Crippen LogP contribution in [0.1, 0.15) is 39.0 Å². The summed E-state index contributed by atoms with van der Waals surface area (Å²) in [5.74, 6) is 0.846. The molecule has 0 aromatic carbocycles. The summed E-state index contributed by atoms with van der Waals surface area (Å²) in [6, 6.07) is 0. The lowest BCUT2D eigenvalue weighted by molar-refractivity contribution is -0.147. The molecule has 0 radical (unpaired) electrons. The molecular weight excluding hydrogens is 140 g/mol. The zero-order chi connectivity index (χ0) is 7.90. The van der Waals surface area contributed by atoms with E-state index in [0.717, 1.165) is 18.8 Å². The summed E-state index contributed by atoms with van der Waals surface area (Å²) >= 11 is 0. The van der Waals surface area contributed by atoms with E-state index in [1.54, 1.807) is 0 Å². The number of cyclic esters (lactones) is 1. The van der Waals surface area contributed by atoms with E-state index in [9.17, 15) is 4.79 Å². The van der Waals surface area contributed by atoms with Crippen molar-refractivity contribution in [1.29, 1.82) is 0 Å². The van der Waals surface area contributed by atoms with Gasteiger partial charge in [-0.05, 0) is 25.7 Å². The number of carbonyl (C=O) groups is 1. The smallest absolute Gasteiger partial charge is 0.306 e. The van der Waals surface area contributed by atoms with Crippen molar-refractivity contribution in [3.05, 3.63) is 0 Å². The summed E-state index contributed by atoms with van der Waals surface area (Å²) in [7, 11) is 0. The van der Waals surface area contributed by atoms with Crippen molar-refractivity contribution in [3.63, 3.8) is 0 Å². The molecule has 2 fully saturated rings. The quantitative estimate of drug-likeness (QED) is 0.568. The molecule has 0 spiro atoms. The molecule has 1 aliphatic heterocycles. The van der Waals surface area contributed by atoms with Gasteiger partial charge in [-0.3, -0.25) is 4.79 Å². The van der Waals surface area contributed by atoms with Gasteiger partial charge in [-0.15, -0.1) is 0 Å². The van der Waals surface area contributed by atoms with Crippen LogP contribution in [0.2, 0.25) is 0 Å². The fourth-order valence-corrected chi connectivity index (χ4v) is 1.82. The number of carbonyl (C=O) groups excluding carboxylic acids is 1. The van der Waals surface area contributed by atoms with E-state index in [1.165, 1.54) is 12.8 Å². The Morgan fingerprint density at radius 3 is 2.82 bits per heavy atom. The average Bonchev–Trinajstić information content (AvgIpc) is 2.62. The summed E-state index contributed by atoms with van der Waals surface area (Å²) in [4.78, 5) is 10.8. The van der Waals surface area contributed by atoms with E-state index in [2.05, 4.69) is 6.92 Å². The first kappa shape index (κ1) is 7.14. The molecular formula is C9H14O2. The van der Waals surface area contributed by atoms with Gasteiger partial charge < -0.3 is 4.74 Å². The molecule has 1 atom stereocenters. The van der Waals surface area contributed by atoms with E-state index in [4.69, 9.17) is 4.74 Å². The van der Waals surface area contributed by atoms with Crippen LogP contribution in [0.15, 0.2) is 0 Å². The predicted molar refractivity (Wildman–Crippen MR) is 41.1 cm³/mol. The van der Waals surface area contributed by atoms with Gasteiger partial charge >= 0.3 is 5.97 Å². The van der Waals surface area contributed by atoms with Crippen molar-refractivity contribution < 1.29 is 9.53 Å². The molecule has 0 N–H and O–H groups in total. The zero-order valence-electron chi connectivity index (χ0n) is 6.93. The van der Waals surface area contributed by atoms with Crippen LogP contribution < -0.4 is 0 Å². The third-order valence-electron chi connectivity index (χ3n) is 2.64. The van der Waals surface area contributed by atoms with Crippen LogP contribution in [0.3, 0.4) is 0 Å². The largest absolute Gasteiger partial charge is 0.459 e. The Morgan fingerprint density at radius 2 is 2.36 bits per heavy atom. The lowest BCUT2D eigenvalue weighted by Crippen LogP contribution is -2.24. The fourth-order valence-electron chi connectivity index (χ4n) is 1.82. The van der Waals surface area contributed by atoms with Crippen LogP contribution >= 0.6 is 0 Å². The maximum atomic E-state index is 10.8. The zero-order valence-corrected chi connectivity index (χ0v) is 6.93. The van der Waals surface area contributed by atoms with Gasteiger partial charge in [-0.1, -0.05) is 12.8 Å². The third-order valence-corrected chi connectivity index (χ3v) is 2.64. The highest BCUT2D eigenvalue weighted by molar-refractivity contribution is 5.72. The molecule has 1 heterocycles. The Balaban J connectivity index is 1.92. The van der Waals surface area contributed by atoms with Crippen LogP contribution in [0.4, 0.5) is 0 Å². The highest BCUT2D eigenvalue weighted by Gasteiger charge is 2.40. The van der Waals surface area contributed by atoms with Crippen molar-refractivity contribution in [2.24, 2.45) is 5.92 Å². The van der Waals surface area contributed by atoms with Gasteiger partial charge in [0.2, 0.25) is 0 Å². The van der Waals surface area contributed by atoms with Gasteiger partial charge in [0.15, 0.2) is 0 Å². The van der Waals surface area contributed by atoms with Crippen LogP contribution in [0.25, 0.3) is 0 Å². The number of rotatable bonds is 2. The molecule has 2 rings (SSSR count). The van der Waals surface area contributed by atoms with Crippen LogP contribution in [0, 0.1) is 5.92 Å². The number of hydrogen-bond acceptors (Lipinski definition) is 2. The van der Waals surface area contributed by atoms with Gasteiger partial charge in [0.1, 0.15) is 5.60 Å². The molecule has 0 bridgehead atoms. The fraction of sp³-hybridized carbons (Fsp3) is 0.889. The Morgan fingerprint density at radius 1 is 1.64 bits per heavy atom. The first-order valence-corrected chi connectivity index (χ1v) is 4.40. The Bertz CT molecular complexity index is 184. The van der Waals surface area contributed by atoms with E-state index >= 15 is 0 Å². The molecule has 0 aromatic rings. The first-order valence-electron chi connectivity index (χ1n) is 4.40. The molecule has 1 saturated carbocycles. The van der Waals surface area contributed by atoms with E-state index in [-0.39, 0.29) is 11.6 Å². The predicted octanol–water partition coefficient (Wildman–Crippen LogP) is 1.88. The standard InChI is InChI=1S/C9H14O2/c1-9(6-7-2-3-7)5-4-8(10)11-9/h7H,2-6H2,1H3. The normalized spacial score (nSPS) is 37.4. The maximum absolute atomic E-state index is 10.8. The Labute approximate surface area is 66.9 Å². The number of hydrogen-bond donors (Lipinski definition) is 0. The molecule has 1 aliphatic carbocycles. The first-order chi connectivity index (χ1) is 5.18. The van der Waals surface area contributed by atoms with E-state index in [1.807, 2.05) is 0 Å². The van der Waals surface area contributed by atoms with E-state index < -0.39 is 0 Å². The minimum atomic E-state index is -0.0990. The molecule has 2 nitrogen and oxygen atoms in total. The molecule has 11 heavy (non-hydrogen) atoms. The van der Waals surface area contributed by atoms with Crippen molar-refractivity contribution in [2.75, 3.05) is 0 Å². The molecule has 1 unspecified atom stereocenters. The number of ether oxygens (including phenoxy) is 1. The van der Waals surface area contributed by atoms with Crippen molar-refractivity contribution in [3.8, 4) is 0 Å². The lowest BCUT2D eigenvalue weighted by Gasteiger charge is -2.21. The Kier molecular flexibility index (Phi) is 1.44. The summed E-state index contributed by atoms with van der Waals surface area (Å²) < 4.78 is 5.26. The van der Waals surface area contributed by atoms with Gasteiger partial charge in [-0.25, -0.2) is 0 Å². The minimum Gasteiger partial charge on any atom is -0.459 e. The van der Waals surface area contributed by atoms with E-state index in [0.29, 0.717) is 6.42 Å². The van der Waals surface area contributed by atoms with Gasteiger partial charge in [0, 0.05) is 6.42 Å². The summed E-state index contributed by atoms with van der Waals surface area (Å²) in [5.41, 5.74) is -0.0990. The van der Waals surface area contributed by atoms with Crippen molar-refractivity contribution in [1.82, 2.24) is 0 Å². The number of esters is 1. The molecule has 0 amide bonds. The molecule has 2 heteroatoms. The molecule has 62 valence electrons. The minimum absolute atomic E-state index is 0.00634. The summed E-state index contributed by atoms with van der Waals surface area (Å²) in [6.07, 6.45) is 5.34. The van der Waals surface area contributed by atoms with Crippen molar-refractivity contribution >= 4 is 5.97 Å². The SMILES string of the molecule is CC1(CC2CC2)CCC(=O)O1.